The van der Waals surface area contributed by atoms with Gasteiger partial charge in [-0.25, -0.2) is 12.7 Å². The van der Waals surface area contributed by atoms with Crippen molar-refractivity contribution in [2.24, 2.45) is 5.92 Å². The molecule has 1 aliphatic rings. The molecule has 0 bridgehead atoms. The Hall–Kier alpha value is -1.73. The lowest BCUT2D eigenvalue weighted by atomic mass is 9.93. The van der Waals surface area contributed by atoms with Crippen LogP contribution in [0.5, 0.6) is 0 Å². The third-order valence-corrected chi connectivity index (χ3v) is 5.35. The first kappa shape index (κ1) is 15.2. The Morgan fingerprint density at radius 1 is 1.36 bits per heavy atom. The van der Waals surface area contributed by atoms with Crippen LogP contribution >= 0.6 is 0 Å². The van der Waals surface area contributed by atoms with Crippen LogP contribution in [0.2, 0.25) is 0 Å². The standard InChI is InChI=1S/C15H20N4O2S/c1-22(20,21)19-8-2-3-13(11-19)9-12-4-5-14(16-10-12)15-6-7-17-18-15/h4-7,10,13H,2-3,8-9,11H2,1H3,(H,17,18). The highest BCUT2D eigenvalue weighted by atomic mass is 32.2. The molecule has 22 heavy (non-hydrogen) atoms. The Morgan fingerprint density at radius 3 is 2.86 bits per heavy atom. The molecule has 2 aromatic heterocycles. The molecule has 1 fully saturated rings. The van der Waals surface area contributed by atoms with Gasteiger partial charge in [-0.05, 0) is 42.9 Å². The van der Waals surface area contributed by atoms with Crippen LogP contribution in [0.1, 0.15) is 18.4 Å². The number of piperidine rings is 1. The maximum atomic E-state index is 11.7. The van der Waals surface area contributed by atoms with E-state index < -0.39 is 10.0 Å². The summed E-state index contributed by atoms with van der Waals surface area (Å²) in [5, 5.41) is 6.81. The van der Waals surface area contributed by atoms with Crippen molar-refractivity contribution in [2.45, 2.75) is 19.3 Å². The first-order chi connectivity index (χ1) is 10.5. The zero-order chi connectivity index (χ0) is 15.6. The minimum absolute atomic E-state index is 0.364. The van der Waals surface area contributed by atoms with Crippen molar-refractivity contribution in [3.63, 3.8) is 0 Å². The van der Waals surface area contributed by atoms with E-state index in [1.54, 1.807) is 10.5 Å². The SMILES string of the molecule is CS(=O)(=O)N1CCCC(Cc2ccc(-c3ccn[nH]3)nc2)C1. The van der Waals surface area contributed by atoms with Crippen molar-refractivity contribution in [3.8, 4) is 11.4 Å². The molecule has 1 aliphatic heterocycles. The fourth-order valence-corrected chi connectivity index (χ4v) is 3.87. The van der Waals surface area contributed by atoms with Crippen LogP contribution in [0.25, 0.3) is 11.4 Å². The van der Waals surface area contributed by atoms with Gasteiger partial charge in [-0.3, -0.25) is 10.1 Å². The smallest absolute Gasteiger partial charge is 0.211 e. The zero-order valence-electron chi connectivity index (χ0n) is 12.6. The topological polar surface area (TPSA) is 79.0 Å². The van der Waals surface area contributed by atoms with Crippen molar-refractivity contribution in [1.82, 2.24) is 19.5 Å². The molecule has 0 radical (unpaired) electrons. The molecule has 3 heterocycles. The number of nitrogens with one attached hydrogen (secondary N) is 1. The molecule has 118 valence electrons. The van der Waals surface area contributed by atoms with Gasteiger partial charge in [0.25, 0.3) is 0 Å². The third kappa shape index (κ3) is 3.53. The van der Waals surface area contributed by atoms with Gasteiger partial charge in [0.1, 0.15) is 0 Å². The largest absolute Gasteiger partial charge is 0.276 e. The number of nitrogens with zero attached hydrogens (tertiary/aromatic N) is 3. The second-order valence-corrected chi connectivity index (χ2v) is 7.84. The summed E-state index contributed by atoms with van der Waals surface area (Å²) in [6.45, 7) is 1.26. The monoisotopic (exact) mass is 320 g/mol. The van der Waals surface area contributed by atoms with Gasteiger partial charge in [0.15, 0.2) is 0 Å². The van der Waals surface area contributed by atoms with Crippen LogP contribution in [-0.2, 0) is 16.4 Å². The Kier molecular flexibility index (Phi) is 4.26. The minimum atomic E-state index is -3.08. The number of H-pyrrole nitrogens is 1. The number of rotatable bonds is 4. The Bertz CT molecular complexity index is 711. The van der Waals surface area contributed by atoms with Crippen LogP contribution in [0.4, 0.5) is 0 Å². The van der Waals surface area contributed by atoms with Crippen LogP contribution in [0.15, 0.2) is 30.6 Å². The molecule has 0 amide bonds. The Labute approximate surface area is 130 Å². The summed E-state index contributed by atoms with van der Waals surface area (Å²) in [7, 11) is -3.08. The van der Waals surface area contributed by atoms with E-state index in [1.807, 2.05) is 18.3 Å². The molecule has 2 aromatic rings. The van der Waals surface area contributed by atoms with Crippen LogP contribution in [0.3, 0.4) is 0 Å². The van der Waals surface area contributed by atoms with E-state index in [1.165, 1.54) is 6.26 Å². The maximum Gasteiger partial charge on any atom is 0.211 e. The highest BCUT2D eigenvalue weighted by Gasteiger charge is 2.25. The van der Waals surface area contributed by atoms with E-state index in [0.29, 0.717) is 19.0 Å². The molecule has 0 saturated carbocycles. The molecule has 7 heteroatoms. The van der Waals surface area contributed by atoms with Gasteiger partial charge in [-0.15, -0.1) is 0 Å². The van der Waals surface area contributed by atoms with Crippen LogP contribution < -0.4 is 0 Å². The lowest BCUT2D eigenvalue weighted by molar-refractivity contribution is 0.266. The van der Waals surface area contributed by atoms with E-state index in [-0.39, 0.29) is 0 Å². The predicted molar refractivity (Wildman–Crippen MR) is 84.7 cm³/mol. The summed E-state index contributed by atoms with van der Waals surface area (Å²) in [5.74, 6) is 0.364. The molecular formula is C15H20N4O2S. The lowest BCUT2D eigenvalue weighted by Crippen LogP contribution is -2.39. The van der Waals surface area contributed by atoms with Gasteiger partial charge >= 0.3 is 0 Å². The number of aromatic amines is 1. The summed E-state index contributed by atoms with van der Waals surface area (Å²) in [4.78, 5) is 4.45. The first-order valence-electron chi connectivity index (χ1n) is 7.42. The van der Waals surface area contributed by atoms with Crippen LogP contribution in [0, 0.1) is 5.92 Å². The lowest BCUT2D eigenvalue weighted by Gasteiger charge is -2.30. The maximum absolute atomic E-state index is 11.7. The molecule has 0 spiro atoms. The normalized spacial score (nSPS) is 20.1. The second-order valence-electron chi connectivity index (χ2n) is 5.86. The van der Waals surface area contributed by atoms with E-state index in [4.69, 9.17) is 0 Å². The van der Waals surface area contributed by atoms with Crippen molar-refractivity contribution < 1.29 is 8.42 Å². The fraction of sp³-hybridized carbons (Fsp3) is 0.467. The summed E-state index contributed by atoms with van der Waals surface area (Å²) < 4.78 is 24.9. The molecule has 0 aromatic carbocycles. The molecule has 1 saturated heterocycles. The van der Waals surface area contributed by atoms with Crippen molar-refractivity contribution in [3.05, 3.63) is 36.2 Å². The minimum Gasteiger partial charge on any atom is -0.276 e. The average Bonchev–Trinajstić information content (AvgIpc) is 3.02. The number of pyridine rings is 1. The number of hydrogen-bond acceptors (Lipinski definition) is 4. The fourth-order valence-electron chi connectivity index (χ4n) is 2.93. The highest BCUT2D eigenvalue weighted by Crippen LogP contribution is 2.23. The van der Waals surface area contributed by atoms with Gasteiger partial charge in [-0.2, -0.15) is 5.10 Å². The number of hydrogen-bond donors (Lipinski definition) is 1. The predicted octanol–water partition coefficient (Wildman–Crippen LogP) is 1.69. The molecule has 0 aliphatic carbocycles. The summed E-state index contributed by atoms with van der Waals surface area (Å²) in [6.07, 6.45) is 7.71. The molecule has 1 atom stereocenters. The molecule has 6 nitrogen and oxygen atoms in total. The average molecular weight is 320 g/mol. The molecule has 1 unspecified atom stereocenters. The molecule has 3 rings (SSSR count). The van der Waals surface area contributed by atoms with E-state index in [9.17, 15) is 8.42 Å². The van der Waals surface area contributed by atoms with Crippen molar-refractivity contribution in [2.75, 3.05) is 19.3 Å². The van der Waals surface area contributed by atoms with Gasteiger partial charge in [0.2, 0.25) is 10.0 Å². The Balaban J connectivity index is 1.66. The first-order valence-corrected chi connectivity index (χ1v) is 9.27. The van der Waals surface area contributed by atoms with Crippen molar-refractivity contribution in [1.29, 1.82) is 0 Å². The number of sulfonamides is 1. The molecular weight excluding hydrogens is 300 g/mol. The third-order valence-electron chi connectivity index (χ3n) is 4.08. The number of aromatic nitrogens is 3. The summed E-state index contributed by atoms with van der Waals surface area (Å²) >= 11 is 0. The van der Waals surface area contributed by atoms with E-state index >= 15 is 0 Å². The quantitative estimate of drug-likeness (QED) is 0.929. The van der Waals surface area contributed by atoms with Gasteiger partial charge in [0.05, 0.1) is 17.6 Å². The van der Waals surface area contributed by atoms with Gasteiger partial charge in [-0.1, -0.05) is 6.07 Å². The highest BCUT2D eigenvalue weighted by molar-refractivity contribution is 7.88. The van der Waals surface area contributed by atoms with Gasteiger partial charge < -0.3 is 0 Å². The summed E-state index contributed by atoms with van der Waals surface area (Å²) in [6, 6.07) is 5.91. The van der Waals surface area contributed by atoms with Crippen LogP contribution in [-0.4, -0.2) is 47.2 Å². The van der Waals surface area contributed by atoms with E-state index in [2.05, 4.69) is 21.2 Å². The van der Waals surface area contributed by atoms with Crippen molar-refractivity contribution >= 4 is 10.0 Å². The summed E-state index contributed by atoms with van der Waals surface area (Å²) in [5.41, 5.74) is 2.90. The Morgan fingerprint density at radius 2 is 2.23 bits per heavy atom. The van der Waals surface area contributed by atoms with Gasteiger partial charge in [0, 0.05) is 25.5 Å². The molecule has 1 N–H and O–H groups in total. The van der Waals surface area contributed by atoms with E-state index in [0.717, 1.165) is 36.2 Å². The second kappa shape index (κ2) is 6.18. The zero-order valence-corrected chi connectivity index (χ0v) is 13.4.